The summed E-state index contributed by atoms with van der Waals surface area (Å²) in [5.41, 5.74) is 8.09. The van der Waals surface area contributed by atoms with Crippen LogP contribution in [0.5, 0.6) is 0 Å². The number of para-hydroxylation sites is 1. The molecule has 1 atom stereocenters. The second-order valence-electron chi connectivity index (χ2n) is 5.90. The summed E-state index contributed by atoms with van der Waals surface area (Å²) >= 11 is 0. The summed E-state index contributed by atoms with van der Waals surface area (Å²) in [6, 6.07) is 18.2. The molecule has 0 saturated carbocycles. The van der Waals surface area contributed by atoms with Crippen LogP contribution in [0.4, 0.5) is 0 Å². The first kappa shape index (κ1) is 17.4. The molecule has 130 valence electrons. The van der Waals surface area contributed by atoms with Crippen LogP contribution in [0.1, 0.15) is 11.1 Å². The second-order valence-corrected chi connectivity index (χ2v) is 5.90. The first-order valence-corrected chi connectivity index (χ1v) is 8.29. The Bertz CT molecular complexity index is 946. The van der Waals surface area contributed by atoms with Crippen molar-refractivity contribution in [2.75, 3.05) is 0 Å². The summed E-state index contributed by atoms with van der Waals surface area (Å²) < 4.78 is 0. The Labute approximate surface area is 151 Å². The monoisotopic (exact) mass is 345 g/mol. The van der Waals surface area contributed by atoms with Crippen molar-refractivity contribution in [3.63, 3.8) is 0 Å². The van der Waals surface area contributed by atoms with Crippen LogP contribution in [0.3, 0.4) is 0 Å². The minimum atomic E-state index is -0.760. The summed E-state index contributed by atoms with van der Waals surface area (Å²) in [5, 5.41) is 3.62. The maximum atomic E-state index is 12.2. The third kappa shape index (κ3) is 4.33. The number of nitrogens with zero attached hydrogens (tertiary/aromatic N) is 1. The molecule has 0 aliphatic heterocycles. The van der Waals surface area contributed by atoms with Gasteiger partial charge in [0.2, 0.25) is 11.8 Å². The van der Waals surface area contributed by atoms with Gasteiger partial charge in [-0.15, -0.1) is 0 Å². The van der Waals surface area contributed by atoms with E-state index < -0.39 is 11.9 Å². The molecular formula is C21H19N3O2. The molecule has 3 aromatic rings. The maximum absolute atomic E-state index is 12.2. The lowest BCUT2D eigenvalue weighted by molar-refractivity contribution is -0.124. The molecule has 1 heterocycles. The zero-order chi connectivity index (χ0) is 18.4. The predicted molar refractivity (Wildman–Crippen MR) is 102 cm³/mol. The van der Waals surface area contributed by atoms with Gasteiger partial charge in [-0.2, -0.15) is 0 Å². The highest BCUT2D eigenvalue weighted by Crippen LogP contribution is 2.17. The Hall–Kier alpha value is -3.47. The maximum Gasteiger partial charge on any atom is 0.244 e. The molecule has 0 unspecified atom stereocenters. The highest BCUT2D eigenvalue weighted by Gasteiger charge is 2.17. The average molecular weight is 345 g/mol. The summed E-state index contributed by atoms with van der Waals surface area (Å²) in [6.45, 7) is 0. The van der Waals surface area contributed by atoms with Gasteiger partial charge in [0.25, 0.3) is 0 Å². The van der Waals surface area contributed by atoms with Crippen molar-refractivity contribution < 1.29 is 9.59 Å². The van der Waals surface area contributed by atoms with Crippen LogP contribution < -0.4 is 11.1 Å². The molecule has 3 N–H and O–H groups in total. The fraction of sp³-hybridized carbons (Fsp3) is 0.0952. The summed E-state index contributed by atoms with van der Waals surface area (Å²) in [4.78, 5) is 28.2. The molecule has 2 amide bonds. The number of benzene rings is 2. The fourth-order valence-corrected chi connectivity index (χ4v) is 2.72. The van der Waals surface area contributed by atoms with Crippen molar-refractivity contribution >= 4 is 28.8 Å². The summed E-state index contributed by atoms with van der Waals surface area (Å²) in [7, 11) is 0. The van der Waals surface area contributed by atoms with Crippen LogP contribution in [-0.2, 0) is 16.0 Å². The zero-order valence-corrected chi connectivity index (χ0v) is 14.1. The van der Waals surface area contributed by atoms with E-state index in [9.17, 15) is 9.59 Å². The fourth-order valence-electron chi connectivity index (χ4n) is 2.72. The Morgan fingerprint density at radius 3 is 2.54 bits per heavy atom. The van der Waals surface area contributed by atoms with E-state index in [1.165, 1.54) is 6.08 Å². The van der Waals surface area contributed by atoms with Crippen LogP contribution in [0.25, 0.3) is 17.0 Å². The third-order valence-corrected chi connectivity index (χ3v) is 4.04. The molecule has 0 fully saturated rings. The van der Waals surface area contributed by atoms with E-state index >= 15 is 0 Å². The van der Waals surface area contributed by atoms with E-state index in [1.807, 2.05) is 60.7 Å². The van der Waals surface area contributed by atoms with Crippen LogP contribution >= 0.6 is 0 Å². The number of primary amides is 1. The summed E-state index contributed by atoms with van der Waals surface area (Å²) in [5.74, 6) is -0.935. The Kier molecular flexibility index (Phi) is 5.39. The Morgan fingerprint density at radius 2 is 1.77 bits per heavy atom. The Balaban J connectivity index is 1.72. The van der Waals surface area contributed by atoms with Gasteiger partial charge in [0, 0.05) is 24.1 Å². The van der Waals surface area contributed by atoms with Crippen molar-refractivity contribution in [1.82, 2.24) is 10.3 Å². The van der Waals surface area contributed by atoms with Gasteiger partial charge in [-0.25, -0.2) is 0 Å². The first-order chi connectivity index (χ1) is 12.6. The zero-order valence-electron chi connectivity index (χ0n) is 14.1. The van der Waals surface area contributed by atoms with Gasteiger partial charge in [0.1, 0.15) is 6.04 Å². The van der Waals surface area contributed by atoms with Crippen molar-refractivity contribution in [2.45, 2.75) is 12.5 Å². The van der Waals surface area contributed by atoms with E-state index in [2.05, 4.69) is 10.3 Å². The van der Waals surface area contributed by atoms with Gasteiger partial charge in [0.15, 0.2) is 0 Å². The number of hydrogen-bond acceptors (Lipinski definition) is 3. The Morgan fingerprint density at radius 1 is 1.04 bits per heavy atom. The van der Waals surface area contributed by atoms with Gasteiger partial charge in [-0.05, 0) is 29.3 Å². The third-order valence-electron chi connectivity index (χ3n) is 4.04. The molecule has 3 rings (SSSR count). The van der Waals surface area contributed by atoms with E-state index in [0.29, 0.717) is 6.42 Å². The molecule has 1 aromatic heterocycles. The average Bonchev–Trinajstić information content (AvgIpc) is 2.66. The van der Waals surface area contributed by atoms with Crippen molar-refractivity contribution in [3.8, 4) is 0 Å². The number of nitrogens with two attached hydrogens (primary N) is 1. The van der Waals surface area contributed by atoms with Crippen molar-refractivity contribution in [1.29, 1.82) is 0 Å². The predicted octanol–water partition coefficient (Wildman–Crippen LogP) is 2.46. The molecule has 0 aliphatic carbocycles. The number of nitrogens with one attached hydrogen (secondary N) is 1. The normalized spacial score (nSPS) is 12.2. The highest BCUT2D eigenvalue weighted by atomic mass is 16.2. The molecule has 0 radical (unpaired) electrons. The molecule has 5 heteroatoms. The van der Waals surface area contributed by atoms with E-state index in [4.69, 9.17) is 5.73 Å². The summed E-state index contributed by atoms with van der Waals surface area (Å²) in [6.07, 6.45) is 5.16. The van der Waals surface area contributed by atoms with Gasteiger partial charge in [-0.3, -0.25) is 14.6 Å². The van der Waals surface area contributed by atoms with Gasteiger partial charge >= 0.3 is 0 Å². The van der Waals surface area contributed by atoms with Gasteiger partial charge < -0.3 is 11.1 Å². The van der Waals surface area contributed by atoms with E-state index in [1.54, 1.807) is 12.3 Å². The minimum Gasteiger partial charge on any atom is -0.368 e. The quantitative estimate of drug-likeness (QED) is 0.673. The number of amides is 2. The number of fused-ring (bicyclic) bond motifs is 1. The van der Waals surface area contributed by atoms with E-state index in [0.717, 1.165) is 22.0 Å². The lowest BCUT2D eigenvalue weighted by atomic mass is 10.1. The van der Waals surface area contributed by atoms with Crippen LogP contribution in [0, 0.1) is 0 Å². The number of aromatic nitrogens is 1. The largest absolute Gasteiger partial charge is 0.368 e. The molecule has 2 aromatic carbocycles. The van der Waals surface area contributed by atoms with E-state index in [-0.39, 0.29) is 5.91 Å². The SMILES string of the molecule is NC(=O)[C@H](Cc1ccccc1)NC(=O)/C=C/c1ccnc2ccccc12. The molecule has 0 saturated heterocycles. The molecule has 0 spiro atoms. The van der Waals surface area contributed by atoms with Crippen LogP contribution in [-0.4, -0.2) is 22.8 Å². The number of carbonyl (C=O) groups excluding carboxylic acids is 2. The molecule has 26 heavy (non-hydrogen) atoms. The minimum absolute atomic E-state index is 0.355. The number of carbonyl (C=O) groups is 2. The van der Waals surface area contributed by atoms with Crippen LogP contribution in [0.2, 0.25) is 0 Å². The van der Waals surface area contributed by atoms with Crippen LogP contribution in [0.15, 0.2) is 72.9 Å². The lowest BCUT2D eigenvalue weighted by Gasteiger charge is -2.14. The number of hydrogen-bond donors (Lipinski definition) is 2. The molecular weight excluding hydrogens is 326 g/mol. The van der Waals surface area contributed by atoms with Gasteiger partial charge in [-0.1, -0.05) is 48.5 Å². The molecule has 0 aliphatic rings. The second kappa shape index (κ2) is 8.07. The molecule has 0 bridgehead atoms. The standard InChI is InChI=1S/C21H19N3O2/c22-21(26)19(14-15-6-2-1-3-7-15)24-20(25)11-10-16-12-13-23-18-9-5-4-8-17(16)18/h1-13,19H,14H2,(H2,22,26)(H,24,25)/b11-10+/t19-/m0/s1. The first-order valence-electron chi connectivity index (χ1n) is 8.29. The topological polar surface area (TPSA) is 85.1 Å². The van der Waals surface area contributed by atoms with Crippen molar-refractivity contribution in [3.05, 3.63) is 84.1 Å². The molecule has 5 nitrogen and oxygen atoms in total. The number of pyridine rings is 1. The smallest absolute Gasteiger partial charge is 0.244 e. The van der Waals surface area contributed by atoms with Crippen molar-refractivity contribution in [2.24, 2.45) is 5.73 Å². The number of rotatable bonds is 6. The lowest BCUT2D eigenvalue weighted by Crippen LogP contribution is -2.45. The van der Waals surface area contributed by atoms with Gasteiger partial charge in [0.05, 0.1) is 5.52 Å². The highest BCUT2D eigenvalue weighted by molar-refractivity contribution is 5.97.